The summed E-state index contributed by atoms with van der Waals surface area (Å²) in [5, 5.41) is 0. The quantitative estimate of drug-likeness (QED) is 0.0326. The van der Waals surface area contributed by atoms with Crippen LogP contribution >= 0.6 is 8.25 Å². The molecule has 0 unspecified atom stereocenters. The summed E-state index contributed by atoms with van der Waals surface area (Å²) in [5.41, 5.74) is 8.39. The van der Waals surface area contributed by atoms with E-state index in [0.29, 0.717) is 0 Å². The van der Waals surface area contributed by atoms with Gasteiger partial charge < -0.3 is 0 Å². The highest BCUT2D eigenvalue weighted by atomic mass is 31.1. The second-order valence-corrected chi connectivity index (χ2v) is 28.3. The molecule has 0 aromatic heterocycles. The Morgan fingerprint density at radius 2 is 0.409 bits per heavy atom. The highest BCUT2D eigenvalue weighted by Crippen LogP contribution is 2.55. The zero-order valence-electron chi connectivity index (χ0n) is 58.7. The second-order valence-electron chi connectivity index (χ2n) is 27.4. The van der Waals surface area contributed by atoms with Crippen LogP contribution in [0.2, 0.25) is 0 Å². The molecule has 498 valence electrons. The smallest absolute Gasteiger partial charge is 0.294 e. The lowest BCUT2D eigenvalue weighted by molar-refractivity contribution is 0.0322. The minimum Gasteiger partial charge on any atom is -0.294 e. The average molecular weight is 1230 g/mol. The van der Waals surface area contributed by atoms with Crippen LogP contribution in [0, 0.1) is 0 Å². The molecular formula is C84H139O3P. The summed E-state index contributed by atoms with van der Waals surface area (Å²) in [5.74, 6) is 0. The lowest BCUT2D eigenvalue weighted by atomic mass is 9.76. The molecule has 0 saturated heterocycles. The van der Waals surface area contributed by atoms with E-state index in [1.54, 1.807) is 0 Å². The van der Waals surface area contributed by atoms with Crippen molar-refractivity contribution in [3.63, 3.8) is 0 Å². The number of hydrogen-bond donors (Lipinski definition) is 0. The largest absolute Gasteiger partial charge is 0.321 e. The first-order valence-corrected chi connectivity index (χ1v) is 39.9. The number of aryl methyl sites for hydroxylation is 4. The molecular weight excluding hydrogens is 1090 g/mol. The Bertz CT molecular complexity index is 2000. The number of unbranched alkanes of at least 4 members (excludes halogenated alkanes) is 40. The topological polar surface area (TPSA) is 35.5 Å². The van der Waals surface area contributed by atoms with Crippen LogP contribution in [0.3, 0.4) is 0 Å². The molecule has 4 aromatic rings. The van der Waals surface area contributed by atoms with Gasteiger partial charge in [-0.05, 0) is 122 Å². The third-order valence-corrected chi connectivity index (χ3v) is 20.8. The van der Waals surface area contributed by atoms with Crippen LogP contribution in [0.25, 0.3) is 0 Å². The molecule has 0 amide bonds. The van der Waals surface area contributed by atoms with Crippen molar-refractivity contribution in [2.24, 2.45) is 0 Å². The van der Waals surface area contributed by atoms with E-state index in [4.69, 9.17) is 9.05 Å². The maximum Gasteiger partial charge on any atom is 0.321 e. The molecule has 0 heterocycles. The first kappa shape index (κ1) is 77.5. The van der Waals surface area contributed by atoms with Crippen molar-refractivity contribution in [2.75, 3.05) is 0 Å². The first-order valence-electron chi connectivity index (χ1n) is 38.7. The summed E-state index contributed by atoms with van der Waals surface area (Å²) < 4.78 is 32.8. The van der Waals surface area contributed by atoms with Crippen LogP contribution in [-0.2, 0) is 50.5 Å². The maximum atomic E-state index is 16.8. The highest BCUT2D eigenvalue weighted by molar-refractivity contribution is 7.33. The van der Waals surface area contributed by atoms with E-state index < -0.39 is 19.5 Å². The minimum atomic E-state index is -3.27. The summed E-state index contributed by atoms with van der Waals surface area (Å²) in [7, 11) is -3.27. The maximum absolute atomic E-state index is 16.8. The number of rotatable bonds is 60. The molecule has 0 atom stereocenters. The predicted molar refractivity (Wildman–Crippen MR) is 389 cm³/mol. The van der Waals surface area contributed by atoms with Gasteiger partial charge >= 0.3 is 8.25 Å². The molecule has 0 N–H and O–H groups in total. The molecule has 0 aliphatic heterocycles. The molecule has 0 fully saturated rings. The monoisotopic (exact) mass is 1230 g/mol. The van der Waals surface area contributed by atoms with E-state index in [1.165, 1.54) is 288 Å². The summed E-state index contributed by atoms with van der Waals surface area (Å²) in [6.07, 6.45) is 63.8. The summed E-state index contributed by atoms with van der Waals surface area (Å²) >= 11 is 0. The Morgan fingerprint density at radius 3 is 0.614 bits per heavy atom. The molecule has 0 radical (unpaired) electrons. The Labute approximate surface area is 547 Å². The van der Waals surface area contributed by atoms with Crippen molar-refractivity contribution >= 4 is 8.25 Å². The normalized spacial score (nSPS) is 12.1. The third-order valence-electron chi connectivity index (χ3n) is 19.8. The minimum absolute atomic E-state index is 0.777. The zero-order valence-corrected chi connectivity index (χ0v) is 59.7. The van der Waals surface area contributed by atoms with Gasteiger partial charge in [-0.25, -0.2) is 0 Å². The molecule has 3 nitrogen and oxygen atoms in total. The van der Waals surface area contributed by atoms with E-state index in [2.05, 4.69) is 139 Å². The fraction of sp³-hybridized carbons (Fsp3) is 0.714. The van der Waals surface area contributed by atoms with Crippen LogP contribution in [-0.4, -0.2) is 0 Å². The van der Waals surface area contributed by atoms with Crippen molar-refractivity contribution in [3.8, 4) is 0 Å². The fourth-order valence-electron chi connectivity index (χ4n) is 14.4. The lowest BCUT2D eigenvalue weighted by Gasteiger charge is -2.41. The molecule has 0 spiro atoms. The van der Waals surface area contributed by atoms with Gasteiger partial charge in [-0.2, -0.15) is 0 Å². The van der Waals surface area contributed by atoms with Gasteiger partial charge in [0.2, 0.25) is 0 Å². The molecule has 4 aromatic carbocycles. The van der Waals surface area contributed by atoms with Crippen LogP contribution in [0.15, 0.2) is 97.1 Å². The van der Waals surface area contributed by atoms with E-state index >= 15 is 4.57 Å². The van der Waals surface area contributed by atoms with Gasteiger partial charge in [-0.1, -0.05) is 395 Å². The van der Waals surface area contributed by atoms with Crippen molar-refractivity contribution in [3.05, 3.63) is 142 Å². The average Bonchev–Trinajstić information content (AvgIpc) is 1.00. The summed E-state index contributed by atoms with van der Waals surface area (Å²) in [6.45, 7) is 13.9. The molecule has 0 bridgehead atoms. The van der Waals surface area contributed by atoms with Gasteiger partial charge in [-0.3, -0.25) is 13.6 Å². The number of benzene rings is 4. The van der Waals surface area contributed by atoms with Crippen LogP contribution in [0.4, 0.5) is 0 Å². The van der Waals surface area contributed by atoms with Gasteiger partial charge in [0.05, 0.1) is 0 Å². The van der Waals surface area contributed by atoms with Crippen molar-refractivity contribution in [1.82, 2.24) is 0 Å². The first-order chi connectivity index (χ1) is 43.4. The van der Waals surface area contributed by atoms with E-state index in [1.807, 2.05) is 0 Å². The van der Waals surface area contributed by atoms with Gasteiger partial charge in [0.25, 0.3) is 0 Å². The standard InChI is InChI=1S/C84H139O3P/c1-7-13-19-25-31-33-39-45-59-73-83(79-69-55-51-65-75(79)61-47-41-35-27-21-15-9-3,80-70-56-52-66-76(80)62-48-42-36-28-22-16-10-4)86-88(85)87-84(74-60-46-40-34-32-26-20-14-8-2,81-71-57-53-67-77(81)63-49-43-37-29-23-17-11-5)82-72-58-54-68-78(82)64-50-44-38-30-24-18-12-6/h51-58,65-72,88H,7-50,59-64,73-74H2,1-6H3. The van der Waals surface area contributed by atoms with Crippen LogP contribution < -0.4 is 0 Å². The predicted octanol–water partition coefficient (Wildman–Crippen LogP) is 28.3. The van der Waals surface area contributed by atoms with E-state index in [0.717, 1.165) is 89.9 Å². The Kier molecular flexibility index (Phi) is 45.4. The molecule has 0 aliphatic rings. The Morgan fingerprint density at radius 1 is 0.239 bits per heavy atom. The van der Waals surface area contributed by atoms with Crippen LogP contribution in [0.5, 0.6) is 0 Å². The van der Waals surface area contributed by atoms with E-state index in [-0.39, 0.29) is 0 Å². The van der Waals surface area contributed by atoms with Gasteiger partial charge in [0.1, 0.15) is 11.2 Å². The SMILES string of the molecule is CCCCCCCCCCCC(O[PH](=O)OC(CCCCCCCCCCC)(c1ccccc1CCCCCCCCC)c1ccccc1CCCCCCCCC)(c1ccccc1CCCCCCCCC)c1ccccc1CCCCCCCCC. The number of hydrogen-bond acceptors (Lipinski definition) is 3. The highest BCUT2D eigenvalue weighted by Gasteiger charge is 2.45. The molecule has 4 heteroatoms. The summed E-state index contributed by atoms with van der Waals surface area (Å²) in [6, 6.07) is 37.2. The molecule has 0 saturated carbocycles. The van der Waals surface area contributed by atoms with Gasteiger partial charge in [0, 0.05) is 0 Å². The van der Waals surface area contributed by atoms with Gasteiger partial charge in [0.15, 0.2) is 0 Å². The summed E-state index contributed by atoms with van der Waals surface area (Å²) in [4.78, 5) is 0. The van der Waals surface area contributed by atoms with Crippen molar-refractivity contribution < 1.29 is 13.6 Å². The fourth-order valence-corrected chi connectivity index (χ4v) is 15.7. The third kappa shape index (κ3) is 30.6. The molecule has 88 heavy (non-hydrogen) atoms. The molecule has 0 aliphatic carbocycles. The van der Waals surface area contributed by atoms with Gasteiger partial charge in [-0.15, -0.1) is 0 Å². The van der Waals surface area contributed by atoms with Crippen LogP contribution in [0.1, 0.15) is 394 Å². The zero-order chi connectivity index (χ0) is 62.7. The molecule has 4 rings (SSSR count). The Hall–Kier alpha value is -2.97. The lowest BCUT2D eigenvalue weighted by Crippen LogP contribution is -2.35. The second kappa shape index (κ2) is 51.5. The van der Waals surface area contributed by atoms with Crippen molar-refractivity contribution in [2.45, 2.75) is 387 Å². The van der Waals surface area contributed by atoms with Crippen molar-refractivity contribution in [1.29, 1.82) is 0 Å². The Balaban J connectivity index is 1.96. The van der Waals surface area contributed by atoms with E-state index in [9.17, 15) is 0 Å².